The summed E-state index contributed by atoms with van der Waals surface area (Å²) in [6.07, 6.45) is 1.92. The number of methoxy groups -OCH3 is 1. The normalized spacial score (nSPS) is 19.2. The number of nitrogens with one attached hydrogen (secondary N) is 1. The molecule has 2 rings (SSSR count). The van der Waals surface area contributed by atoms with Gasteiger partial charge in [-0.3, -0.25) is 0 Å². The second kappa shape index (κ2) is 4.53. The lowest BCUT2D eigenvalue weighted by atomic mass is 9.88. The van der Waals surface area contributed by atoms with Gasteiger partial charge < -0.3 is 15.2 Å². The first-order chi connectivity index (χ1) is 7.36. The lowest BCUT2D eigenvalue weighted by molar-refractivity contribution is 0.272. The zero-order chi connectivity index (χ0) is 10.7. The lowest BCUT2D eigenvalue weighted by Crippen LogP contribution is -2.18. The van der Waals surface area contributed by atoms with Crippen molar-refractivity contribution < 1.29 is 9.84 Å². The molecule has 0 aromatic heterocycles. The minimum absolute atomic E-state index is 0.251. The molecule has 1 aromatic carbocycles. The minimum Gasteiger partial charge on any atom is -0.495 e. The van der Waals surface area contributed by atoms with Crippen molar-refractivity contribution >= 4 is 5.69 Å². The van der Waals surface area contributed by atoms with Gasteiger partial charge in [-0.25, -0.2) is 0 Å². The summed E-state index contributed by atoms with van der Waals surface area (Å²) in [5.74, 6) is 1.36. The van der Waals surface area contributed by atoms with Crippen molar-refractivity contribution in [3.8, 4) is 5.75 Å². The molecular weight excluding hydrogens is 190 g/mol. The molecule has 0 amide bonds. The van der Waals surface area contributed by atoms with E-state index in [1.54, 1.807) is 7.11 Å². The van der Waals surface area contributed by atoms with Crippen molar-refractivity contribution in [2.24, 2.45) is 0 Å². The van der Waals surface area contributed by atoms with Gasteiger partial charge in [0.25, 0.3) is 0 Å². The Kier molecular flexibility index (Phi) is 3.11. The largest absolute Gasteiger partial charge is 0.495 e. The van der Waals surface area contributed by atoms with Gasteiger partial charge in [0.05, 0.1) is 12.8 Å². The second-order valence-corrected chi connectivity index (χ2v) is 3.85. The van der Waals surface area contributed by atoms with E-state index in [-0.39, 0.29) is 6.61 Å². The first-order valence-electron chi connectivity index (χ1n) is 5.38. The number of fused-ring (bicyclic) bond motifs is 1. The van der Waals surface area contributed by atoms with E-state index in [0.717, 1.165) is 30.8 Å². The Morgan fingerprint density at radius 2 is 2.40 bits per heavy atom. The van der Waals surface area contributed by atoms with Crippen molar-refractivity contribution in [3.63, 3.8) is 0 Å². The smallest absolute Gasteiger partial charge is 0.142 e. The van der Waals surface area contributed by atoms with Gasteiger partial charge in [0, 0.05) is 13.2 Å². The molecule has 0 radical (unpaired) electrons. The van der Waals surface area contributed by atoms with Crippen LogP contribution in [-0.4, -0.2) is 25.4 Å². The van der Waals surface area contributed by atoms with Gasteiger partial charge in [-0.15, -0.1) is 0 Å². The minimum atomic E-state index is 0.251. The van der Waals surface area contributed by atoms with Crippen molar-refractivity contribution in [2.75, 3.05) is 25.6 Å². The molecule has 82 valence electrons. The molecule has 0 spiro atoms. The molecule has 1 unspecified atom stereocenters. The fraction of sp³-hybridized carbons (Fsp3) is 0.500. The van der Waals surface area contributed by atoms with Gasteiger partial charge in [0.2, 0.25) is 0 Å². The third kappa shape index (κ3) is 1.92. The Morgan fingerprint density at radius 1 is 1.53 bits per heavy atom. The van der Waals surface area contributed by atoms with Crippen molar-refractivity contribution in [1.82, 2.24) is 0 Å². The molecule has 1 aromatic rings. The molecule has 0 saturated carbocycles. The Labute approximate surface area is 90.1 Å². The summed E-state index contributed by atoms with van der Waals surface area (Å²) in [7, 11) is 1.69. The molecule has 0 aliphatic carbocycles. The van der Waals surface area contributed by atoms with Crippen LogP contribution in [0.5, 0.6) is 5.75 Å². The Balaban J connectivity index is 2.35. The summed E-state index contributed by atoms with van der Waals surface area (Å²) >= 11 is 0. The zero-order valence-electron chi connectivity index (χ0n) is 8.99. The molecule has 0 fully saturated rings. The molecule has 2 N–H and O–H groups in total. The van der Waals surface area contributed by atoms with Crippen LogP contribution in [0.1, 0.15) is 24.3 Å². The molecule has 1 aliphatic heterocycles. The lowest BCUT2D eigenvalue weighted by Gasteiger charge is -2.27. The van der Waals surface area contributed by atoms with Crippen LogP contribution in [0.3, 0.4) is 0 Å². The maximum atomic E-state index is 9.02. The van der Waals surface area contributed by atoms with Crippen LogP contribution >= 0.6 is 0 Å². The van der Waals surface area contributed by atoms with E-state index in [0.29, 0.717) is 5.92 Å². The molecule has 1 heterocycles. The van der Waals surface area contributed by atoms with Gasteiger partial charge >= 0.3 is 0 Å². The molecule has 15 heavy (non-hydrogen) atoms. The SMILES string of the molecule is COc1cccc2c1NCCC2CCO. The number of para-hydroxylation sites is 1. The van der Waals surface area contributed by atoms with Crippen LogP contribution in [0.4, 0.5) is 5.69 Å². The first-order valence-corrected chi connectivity index (χ1v) is 5.38. The number of anilines is 1. The molecule has 1 aliphatic rings. The summed E-state index contributed by atoms with van der Waals surface area (Å²) in [6.45, 7) is 1.21. The highest BCUT2D eigenvalue weighted by Crippen LogP contribution is 2.39. The summed E-state index contributed by atoms with van der Waals surface area (Å²) in [5, 5.41) is 12.4. The number of rotatable bonds is 3. The highest BCUT2D eigenvalue weighted by molar-refractivity contribution is 5.64. The van der Waals surface area contributed by atoms with E-state index in [2.05, 4.69) is 11.4 Å². The van der Waals surface area contributed by atoms with Crippen LogP contribution in [0.15, 0.2) is 18.2 Å². The van der Waals surface area contributed by atoms with Crippen LogP contribution in [-0.2, 0) is 0 Å². The first kappa shape index (κ1) is 10.3. The average Bonchev–Trinajstić information content (AvgIpc) is 2.29. The van der Waals surface area contributed by atoms with Gasteiger partial charge in [-0.05, 0) is 30.4 Å². The third-order valence-corrected chi connectivity index (χ3v) is 2.99. The Bertz CT molecular complexity index is 338. The van der Waals surface area contributed by atoms with Gasteiger partial charge in [-0.2, -0.15) is 0 Å². The maximum Gasteiger partial charge on any atom is 0.142 e. The summed E-state index contributed by atoms with van der Waals surface area (Å²) < 4.78 is 5.31. The number of aliphatic hydroxyl groups is 1. The van der Waals surface area contributed by atoms with Crippen LogP contribution < -0.4 is 10.1 Å². The number of aliphatic hydroxyl groups excluding tert-OH is 1. The van der Waals surface area contributed by atoms with Gasteiger partial charge in [0.1, 0.15) is 5.75 Å². The van der Waals surface area contributed by atoms with E-state index < -0.39 is 0 Å². The molecular formula is C12H17NO2. The zero-order valence-corrected chi connectivity index (χ0v) is 8.99. The number of ether oxygens (including phenoxy) is 1. The molecule has 3 nitrogen and oxygen atoms in total. The van der Waals surface area contributed by atoms with E-state index in [1.165, 1.54) is 5.56 Å². The highest BCUT2D eigenvalue weighted by Gasteiger charge is 2.21. The van der Waals surface area contributed by atoms with E-state index in [9.17, 15) is 0 Å². The molecule has 3 heteroatoms. The number of hydrogen-bond acceptors (Lipinski definition) is 3. The van der Waals surface area contributed by atoms with E-state index in [4.69, 9.17) is 9.84 Å². The van der Waals surface area contributed by atoms with Crippen LogP contribution in [0.25, 0.3) is 0 Å². The van der Waals surface area contributed by atoms with Crippen molar-refractivity contribution in [1.29, 1.82) is 0 Å². The molecule has 0 bridgehead atoms. The summed E-state index contributed by atoms with van der Waals surface area (Å²) in [4.78, 5) is 0. The fourth-order valence-corrected chi connectivity index (χ4v) is 2.23. The quantitative estimate of drug-likeness (QED) is 0.796. The maximum absolute atomic E-state index is 9.02. The van der Waals surface area contributed by atoms with E-state index >= 15 is 0 Å². The Hall–Kier alpha value is -1.22. The van der Waals surface area contributed by atoms with Crippen molar-refractivity contribution in [2.45, 2.75) is 18.8 Å². The monoisotopic (exact) mass is 207 g/mol. The third-order valence-electron chi connectivity index (χ3n) is 2.99. The summed E-state index contributed by atoms with van der Waals surface area (Å²) in [5.41, 5.74) is 2.37. The predicted molar refractivity (Wildman–Crippen MR) is 60.5 cm³/mol. The Morgan fingerprint density at radius 3 is 3.13 bits per heavy atom. The average molecular weight is 207 g/mol. The van der Waals surface area contributed by atoms with Gasteiger partial charge in [0.15, 0.2) is 0 Å². The number of hydrogen-bond donors (Lipinski definition) is 2. The standard InChI is InChI=1S/C12H17NO2/c1-15-11-4-2-3-10-9(6-8-14)5-7-13-12(10)11/h2-4,9,13-14H,5-8H2,1H3. The van der Waals surface area contributed by atoms with Gasteiger partial charge in [-0.1, -0.05) is 12.1 Å². The number of benzene rings is 1. The molecule has 0 saturated heterocycles. The van der Waals surface area contributed by atoms with Crippen LogP contribution in [0, 0.1) is 0 Å². The van der Waals surface area contributed by atoms with Crippen LogP contribution in [0.2, 0.25) is 0 Å². The summed E-state index contributed by atoms with van der Waals surface area (Å²) in [6, 6.07) is 6.09. The second-order valence-electron chi connectivity index (χ2n) is 3.85. The van der Waals surface area contributed by atoms with E-state index in [1.807, 2.05) is 12.1 Å². The fourth-order valence-electron chi connectivity index (χ4n) is 2.23. The highest BCUT2D eigenvalue weighted by atomic mass is 16.5. The topological polar surface area (TPSA) is 41.5 Å². The predicted octanol–water partition coefficient (Wildman–Crippen LogP) is 1.98. The van der Waals surface area contributed by atoms with Crippen molar-refractivity contribution in [3.05, 3.63) is 23.8 Å². The molecule has 1 atom stereocenters.